The van der Waals surface area contributed by atoms with E-state index in [0.717, 1.165) is 5.56 Å². The zero-order valence-corrected chi connectivity index (χ0v) is 19.3. The number of sulfonamides is 1. The second kappa shape index (κ2) is 8.49. The van der Waals surface area contributed by atoms with Crippen LogP contribution in [0.15, 0.2) is 77.7 Å². The van der Waals surface area contributed by atoms with E-state index < -0.39 is 22.0 Å². The molecule has 3 aromatic rings. The van der Waals surface area contributed by atoms with Crippen LogP contribution in [-0.2, 0) is 21.2 Å². The monoisotopic (exact) mass is 477 g/mol. The molecule has 8 nitrogen and oxygen atoms in total. The van der Waals surface area contributed by atoms with Gasteiger partial charge in [0.1, 0.15) is 5.75 Å². The first kappa shape index (κ1) is 22.0. The number of rotatable bonds is 4. The van der Waals surface area contributed by atoms with Crippen LogP contribution in [0.4, 0.5) is 11.4 Å². The van der Waals surface area contributed by atoms with Crippen molar-refractivity contribution in [1.82, 2.24) is 5.32 Å². The predicted molar refractivity (Wildman–Crippen MR) is 128 cm³/mol. The molecule has 9 heteroatoms. The lowest BCUT2D eigenvalue weighted by molar-refractivity contribution is -0.127. The summed E-state index contributed by atoms with van der Waals surface area (Å²) in [6.07, 6.45) is -0.240. The van der Waals surface area contributed by atoms with Gasteiger partial charge in [-0.3, -0.25) is 13.9 Å². The fourth-order valence-corrected chi connectivity index (χ4v) is 5.90. The summed E-state index contributed by atoms with van der Waals surface area (Å²) in [7, 11) is -2.35. The minimum Gasteiger partial charge on any atom is -0.477 e. The predicted octanol–water partition coefficient (Wildman–Crippen LogP) is 2.59. The molecule has 2 aliphatic heterocycles. The van der Waals surface area contributed by atoms with Crippen LogP contribution in [0.1, 0.15) is 15.9 Å². The maximum Gasteiger partial charge on any atom is 0.264 e. The molecule has 1 N–H and O–H groups in total. The number of amides is 2. The minimum absolute atomic E-state index is 0.00595. The third-order valence-electron chi connectivity index (χ3n) is 6.07. The van der Waals surface area contributed by atoms with Crippen molar-refractivity contribution in [2.75, 3.05) is 29.3 Å². The molecule has 3 aromatic carbocycles. The van der Waals surface area contributed by atoms with Crippen LogP contribution in [0.5, 0.6) is 5.75 Å². The summed E-state index contributed by atoms with van der Waals surface area (Å²) in [5, 5.41) is 2.55. The number of hydrogen-bond acceptors (Lipinski definition) is 5. The van der Waals surface area contributed by atoms with Crippen LogP contribution in [0, 0.1) is 0 Å². The molecule has 0 radical (unpaired) electrons. The molecule has 5 rings (SSSR count). The normalized spacial score (nSPS) is 16.9. The van der Waals surface area contributed by atoms with Gasteiger partial charge in [-0.15, -0.1) is 0 Å². The summed E-state index contributed by atoms with van der Waals surface area (Å²) < 4.78 is 34.1. The number of para-hydroxylation sites is 3. The number of carbonyl (C=O) groups is 2. The number of likely N-dealkylation sites (N-methyl/N-ethyl adjacent to an activating group) is 1. The number of anilines is 2. The molecular weight excluding hydrogens is 454 g/mol. The highest BCUT2D eigenvalue weighted by atomic mass is 32.2. The molecule has 2 aliphatic rings. The van der Waals surface area contributed by atoms with E-state index in [1.54, 1.807) is 42.5 Å². The van der Waals surface area contributed by atoms with Gasteiger partial charge in [0.05, 0.1) is 22.8 Å². The summed E-state index contributed by atoms with van der Waals surface area (Å²) >= 11 is 0. The molecule has 174 valence electrons. The Bertz CT molecular complexity index is 1390. The highest BCUT2D eigenvalue weighted by Gasteiger charge is 2.35. The molecule has 0 fully saturated rings. The molecule has 0 saturated carbocycles. The van der Waals surface area contributed by atoms with E-state index in [4.69, 9.17) is 4.74 Å². The summed E-state index contributed by atoms with van der Waals surface area (Å²) in [5.41, 5.74) is 2.37. The number of nitrogens with one attached hydrogen (secondary N) is 1. The van der Waals surface area contributed by atoms with Crippen LogP contribution in [0.3, 0.4) is 0 Å². The Kier molecular flexibility index (Phi) is 5.49. The molecule has 1 unspecified atom stereocenters. The van der Waals surface area contributed by atoms with Crippen molar-refractivity contribution < 1.29 is 22.7 Å². The van der Waals surface area contributed by atoms with Gasteiger partial charge in [-0.1, -0.05) is 36.4 Å². The van der Waals surface area contributed by atoms with Crippen LogP contribution in [0.25, 0.3) is 0 Å². The van der Waals surface area contributed by atoms with Crippen molar-refractivity contribution in [2.45, 2.75) is 17.4 Å². The molecule has 1 atom stereocenters. The van der Waals surface area contributed by atoms with Gasteiger partial charge in [0, 0.05) is 19.2 Å². The van der Waals surface area contributed by atoms with Gasteiger partial charge in [-0.05, 0) is 48.4 Å². The first-order chi connectivity index (χ1) is 16.4. The van der Waals surface area contributed by atoms with Gasteiger partial charge < -0.3 is 15.0 Å². The third-order valence-corrected chi connectivity index (χ3v) is 7.88. The van der Waals surface area contributed by atoms with Crippen LogP contribution < -0.4 is 19.3 Å². The van der Waals surface area contributed by atoms with Gasteiger partial charge in [0.2, 0.25) is 0 Å². The lowest BCUT2D eigenvalue weighted by Gasteiger charge is -2.34. The zero-order valence-electron chi connectivity index (χ0n) is 18.5. The molecule has 0 spiro atoms. The Balaban J connectivity index is 1.49. The molecule has 34 heavy (non-hydrogen) atoms. The Hall–Kier alpha value is -3.85. The number of benzene rings is 3. The fourth-order valence-electron chi connectivity index (χ4n) is 4.35. The van der Waals surface area contributed by atoms with Crippen molar-refractivity contribution >= 4 is 33.2 Å². The van der Waals surface area contributed by atoms with Gasteiger partial charge in [0.15, 0.2) is 6.10 Å². The lowest BCUT2D eigenvalue weighted by atomic mass is 10.1. The van der Waals surface area contributed by atoms with E-state index in [1.807, 2.05) is 18.2 Å². The Morgan fingerprint density at radius 2 is 1.71 bits per heavy atom. The van der Waals surface area contributed by atoms with E-state index in [1.165, 1.54) is 28.4 Å². The smallest absolute Gasteiger partial charge is 0.264 e. The van der Waals surface area contributed by atoms with E-state index in [0.29, 0.717) is 30.1 Å². The topological polar surface area (TPSA) is 96.0 Å². The second-order valence-corrected chi connectivity index (χ2v) is 9.95. The van der Waals surface area contributed by atoms with Gasteiger partial charge in [0.25, 0.3) is 21.8 Å². The van der Waals surface area contributed by atoms with Gasteiger partial charge in [-0.25, -0.2) is 8.42 Å². The average molecular weight is 478 g/mol. The van der Waals surface area contributed by atoms with Crippen molar-refractivity contribution in [3.05, 3.63) is 83.9 Å². The standard InChI is InChI=1S/C25H23N3O5S/c1-26-24(29)23-16-27(21-11-4-5-12-22(21)33-23)25(30)18-8-6-9-19(15-18)34(31,32)28-14-13-17-7-2-3-10-20(17)28/h2-12,15,23H,13-14,16H2,1H3,(H,26,29). The Labute approximate surface area is 197 Å². The second-order valence-electron chi connectivity index (χ2n) is 8.09. The molecule has 0 bridgehead atoms. The summed E-state index contributed by atoms with van der Waals surface area (Å²) in [6, 6.07) is 20.4. The number of carbonyl (C=O) groups excluding carboxylic acids is 2. The lowest BCUT2D eigenvalue weighted by Crippen LogP contribution is -2.50. The van der Waals surface area contributed by atoms with E-state index in [-0.39, 0.29) is 22.9 Å². The first-order valence-corrected chi connectivity index (χ1v) is 12.3. The van der Waals surface area contributed by atoms with Gasteiger partial charge in [-0.2, -0.15) is 0 Å². The summed E-state index contributed by atoms with van der Waals surface area (Å²) in [5.74, 6) is -0.354. The molecule has 0 aromatic heterocycles. The van der Waals surface area contributed by atoms with Crippen LogP contribution in [0.2, 0.25) is 0 Å². The van der Waals surface area contributed by atoms with Gasteiger partial charge >= 0.3 is 0 Å². The van der Waals surface area contributed by atoms with Crippen molar-refractivity contribution in [3.63, 3.8) is 0 Å². The van der Waals surface area contributed by atoms with E-state index >= 15 is 0 Å². The molecule has 2 heterocycles. The molecular formula is C25H23N3O5S. The number of fused-ring (bicyclic) bond motifs is 2. The third kappa shape index (κ3) is 3.67. The zero-order chi connectivity index (χ0) is 23.9. The number of nitrogens with zero attached hydrogens (tertiary/aromatic N) is 2. The Morgan fingerprint density at radius 3 is 2.50 bits per heavy atom. The van der Waals surface area contributed by atoms with Crippen LogP contribution >= 0.6 is 0 Å². The van der Waals surface area contributed by atoms with Crippen molar-refractivity contribution in [3.8, 4) is 5.75 Å². The summed E-state index contributed by atoms with van der Waals surface area (Å²) in [4.78, 5) is 27.3. The number of hydrogen-bond donors (Lipinski definition) is 1. The largest absolute Gasteiger partial charge is 0.477 e. The quantitative estimate of drug-likeness (QED) is 0.623. The Morgan fingerprint density at radius 1 is 0.971 bits per heavy atom. The van der Waals surface area contributed by atoms with Crippen LogP contribution in [-0.4, -0.2) is 46.5 Å². The molecule has 0 aliphatic carbocycles. The maximum absolute atomic E-state index is 13.5. The van der Waals surface area contributed by atoms with Crippen molar-refractivity contribution in [1.29, 1.82) is 0 Å². The fraction of sp³-hybridized carbons (Fsp3) is 0.200. The van der Waals surface area contributed by atoms with E-state index in [9.17, 15) is 18.0 Å². The minimum atomic E-state index is -3.85. The number of ether oxygens (including phenoxy) is 1. The maximum atomic E-state index is 13.5. The molecule has 2 amide bonds. The summed E-state index contributed by atoms with van der Waals surface area (Å²) in [6.45, 7) is 0.358. The van der Waals surface area contributed by atoms with Crippen molar-refractivity contribution in [2.24, 2.45) is 0 Å². The average Bonchev–Trinajstić information content (AvgIpc) is 3.32. The first-order valence-electron chi connectivity index (χ1n) is 10.9. The van der Waals surface area contributed by atoms with E-state index in [2.05, 4.69) is 5.32 Å². The SMILES string of the molecule is CNC(=O)C1CN(C(=O)c2cccc(S(=O)(=O)N3CCc4ccccc43)c2)c2ccccc2O1. The highest BCUT2D eigenvalue weighted by Crippen LogP contribution is 2.35. The molecule has 0 saturated heterocycles. The highest BCUT2D eigenvalue weighted by molar-refractivity contribution is 7.92.